The number of ether oxygens (including phenoxy) is 2. The van der Waals surface area contributed by atoms with E-state index in [9.17, 15) is 0 Å². The summed E-state index contributed by atoms with van der Waals surface area (Å²) >= 11 is 0. The third kappa shape index (κ3) is 7.38. The predicted octanol–water partition coefficient (Wildman–Crippen LogP) is 4.70. The van der Waals surface area contributed by atoms with Crippen LogP contribution >= 0.6 is 24.0 Å². The highest BCUT2D eigenvalue weighted by atomic mass is 127. The average molecular weight is 537 g/mol. The molecule has 0 radical (unpaired) electrons. The van der Waals surface area contributed by atoms with Crippen molar-refractivity contribution in [2.24, 2.45) is 10.9 Å². The second kappa shape index (κ2) is 12.3. The summed E-state index contributed by atoms with van der Waals surface area (Å²) in [5, 5.41) is 3.58. The van der Waals surface area contributed by atoms with E-state index in [0.29, 0.717) is 12.5 Å². The second-order valence-electron chi connectivity index (χ2n) is 8.62. The van der Waals surface area contributed by atoms with Crippen LogP contribution in [0.25, 0.3) is 0 Å². The molecule has 1 atom stereocenters. The molecule has 0 saturated carbocycles. The predicted molar refractivity (Wildman–Crippen MR) is 139 cm³/mol. The fraction of sp³-hybridized carbons (Fsp3) is 0.480. The van der Waals surface area contributed by atoms with Crippen molar-refractivity contribution in [3.8, 4) is 5.75 Å². The van der Waals surface area contributed by atoms with Gasteiger partial charge in [0.05, 0.1) is 20.3 Å². The smallest absolute Gasteiger partial charge is 0.193 e. The molecule has 3 rings (SSSR count). The number of likely N-dealkylation sites (tertiary alicyclic amines) is 1. The van der Waals surface area contributed by atoms with Crippen LogP contribution in [0.4, 0.5) is 0 Å². The standard InChI is InChI=1S/C25H35N3O2.HI/c1-25(2,22-11-8-12-23(15-22)29-4)19-27-24(26-3)28-14-13-21(16-28)18-30-17-20-9-6-5-7-10-20;/h5-12,15,21H,13-14,16-19H2,1-4H3,(H,26,27);1H. The normalized spacial score (nSPS) is 16.7. The van der Waals surface area contributed by atoms with E-state index in [0.717, 1.165) is 44.4 Å². The maximum absolute atomic E-state index is 5.96. The van der Waals surface area contributed by atoms with Gasteiger partial charge in [-0.1, -0.05) is 56.3 Å². The van der Waals surface area contributed by atoms with Gasteiger partial charge in [-0.05, 0) is 29.7 Å². The molecule has 1 aliphatic heterocycles. The molecular formula is C25H36IN3O2. The molecule has 170 valence electrons. The minimum absolute atomic E-state index is 0. The molecule has 0 aliphatic carbocycles. The van der Waals surface area contributed by atoms with Crippen LogP contribution in [0.1, 0.15) is 31.4 Å². The molecule has 0 bridgehead atoms. The number of benzene rings is 2. The molecule has 1 N–H and O–H groups in total. The summed E-state index contributed by atoms with van der Waals surface area (Å²) in [6.45, 7) is 8.75. The molecule has 0 spiro atoms. The molecule has 31 heavy (non-hydrogen) atoms. The maximum Gasteiger partial charge on any atom is 0.193 e. The Labute approximate surface area is 204 Å². The van der Waals surface area contributed by atoms with Gasteiger partial charge in [0, 0.05) is 38.0 Å². The Morgan fingerprint density at radius 2 is 1.94 bits per heavy atom. The Bertz CT molecular complexity index is 827. The first-order chi connectivity index (χ1) is 14.5. The van der Waals surface area contributed by atoms with Crippen LogP contribution in [0.5, 0.6) is 5.75 Å². The first-order valence-electron chi connectivity index (χ1n) is 10.7. The Balaban J connectivity index is 0.00000341. The molecule has 2 aromatic carbocycles. The Morgan fingerprint density at radius 1 is 1.16 bits per heavy atom. The number of halogens is 1. The zero-order valence-corrected chi connectivity index (χ0v) is 21.5. The highest BCUT2D eigenvalue weighted by molar-refractivity contribution is 14.0. The highest BCUT2D eigenvalue weighted by Gasteiger charge is 2.27. The van der Waals surface area contributed by atoms with Crippen molar-refractivity contribution in [2.75, 3.05) is 40.4 Å². The van der Waals surface area contributed by atoms with Crippen LogP contribution in [-0.2, 0) is 16.8 Å². The monoisotopic (exact) mass is 537 g/mol. The van der Waals surface area contributed by atoms with Crippen molar-refractivity contribution in [3.05, 3.63) is 65.7 Å². The van der Waals surface area contributed by atoms with Gasteiger partial charge in [-0.25, -0.2) is 0 Å². The largest absolute Gasteiger partial charge is 0.497 e. The van der Waals surface area contributed by atoms with Crippen LogP contribution in [0.3, 0.4) is 0 Å². The minimum atomic E-state index is -0.0393. The van der Waals surface area contributed by atoms with Gasteiger partial charge in [0.15, 0.2) is 5.96 Å². The zero-order valence-electron chi connectivity index (χ0n) is 19.1. The minimum Gasteiger partial charge on any atom is -0.497 e. The molecule has 0 amide bonds. The van der Waals surface area contributed by atoms with E-state index >= 15 is 0 Å². The quantitative estimate of drug-likeness (QED) is 0.301. The van der Waals surface area contributed by atoms with Crippen molar-refractivity contribution in [3.63, 3.8) is 0 Å². The molecule has 1 heterocycles. The number of hydrogen-bond acceptors (Lipinski definition) is 3. The van der Waals surface area contributed by atoms with Crippen molar-refractivity contribution in [1.29, 1.82) is 0 Å². The zero-order chi connectivity index (χ0) is 21.4. The van der Waals surface area contributed by atoms with Crippen molar-refractivity contribution in [2.45, 2.75) is 32.3 Å². The van der Waals surface area contributed by atoms with E-state index < -0.39 is 0 Å². The first kappa shape index (κ1) is 25.5. The SMILES string of the molecule is CN=C(NCC(C)(C)c1cccc(OC)c1)N1CCC(COCc2ccccc2)C1.I. The van der Waals surface area contributed by atoms with Gasteiger partial charge in [-0.2, -0.15) is 0 Å². The summed E-state index contributed by atoms with van der Waals surface area (Å²) in [6, 6.07) is 18.7. The molecule has 2 aromatic rings. The second-order valence-corrected chi connectivity index (χ2v) is 8.62. The summed E-state index contributed by atoms with van der Waals surface area (Å²) < 4.78 is 11.3. The lowest BCUT2D eigenvalue weighted by molar-refractivity contribution is 0.0906. The number of methoxy groups -OCH3 is 1. The van der Waals surface area contributed by atoms with Crippen LogP contribution in [-0.4, -0.2) is 51.3 Å². The molecule has 5 nitrogen and oxygen atoms in total. The number of nitrogens with zero attached hydrogens (tertiary/aromatic N) is 2. The van der Waals surface area contributed by atoms with Gasteiger partial charge < -0.3 is 19.7 Å². The van der Waals surface area contributed by atoms with Crippen molar-refractivity contribution < 1.29 is 9.47 Å². The van der Waals surface area contributed by atoms with E-state index in [1.54, 1.807) is 7.11 Å². The van der Waals surface area contributed by atoms with E-state index in [1.807, 2.05) is 25.2 Å². The van der Waals surface area contributed by atoms with E-state index in [-0.39, 0.29) is 29.4 Å². The summed E-state index contributed by atoms with van der Waals surface area (Å²) in [4.78, 5) is 6.87. The van der Waals surface area contributed by atoms with Crippen LogP contribution < -0.4 is 10.1 Å². The Morgan fingerprint density at radius 3 is 2.65 bits per heavy atom. The van der Waals surface area contributed by atoms with Crippen molar-refractivity contribution in [1.82, 2.24) is 10.2 Å². The first-order valence-corrected chi connectivity index (χ1v) is 10.7. The van der Waals surface area contributed by atoms with E-state index in [4.69, 9.17) is 9.47 Å². The molecule has 1 saturated heterocycles. The number of nitrogens with one attached hydrogen (secondary N) is 1. The van der Waals surface area contributed by atoms with Gasteiger partial charge in [0.1, 0.15) is 5.75 Å². The number of hydrogen-bond donors (Lipinski definition) is 1. The highest BCUT2D eigenvalue weighted by Crippen LogP contribution is 2.26. The van der Waals surface area contributed by atoms with Gasteiger partial charge in [-0.3, -0.25) is 4.99 Å². The van der Waals surface area contributed by atoms with E-state index in [1.165, 1.54) is 11.1 Å². The average Bonchev–Trinajstić information content (AvgIpc) is 3.23. The number of aliphatic imine (C=N–C) groups is 1. The van der Waals surface area contributed by atoms with E-state index in [2.05, 4.69) is 65.5 Å². The third-order valence-electron chi connectivity index (χ3n) is 5.80. The van der Waals surface area contributed by atoms with Crippen LogP contribution in [0.2, 0.25) is 0 Å². The molecule has 1 unspecified atom stereocenters. The Hall–Kier alpha value is -1.80. The topological polar surface area (TPSA) is 46.1 Å². The Kier molecular flexibility index (Phi) is 10.1. The summed E-state index contributed by atoms with van der Waals surface area (Å²) in [6.07, 6.45) is 1.13. The summed E-state index contributed by atoms with van der Waals surface area (Å²) in [5.41, 5.74) is 2.44. The number of guanidine groups is 1. The summed E-state index contributed by atoms with van der Waals surface area (Å²) in [5.74, 6) is 2.40. The van der Waals surface area contributed by atoms with Crippen LogP contribution in [0.15, 0.2) is 59.6 Å². The molecular weight excluding hydrogens is 501 g/mol. The van der Waals surface area contributed by atoms with Gasteiger partial charge in [0.25, 0.3) is 0 Å². The molecule has 6 heteroatoms. The fourth-order valence-corrected chi connectivity index (χ4v) is 3.86. The molecule has 1 aliphatic rings. The third-order valence-corrected chi connectivity index (χ3v) is 5.80. The van der Waals surface area contributed by atoms with Gasteiger partial charge in [-0.15, -0.1) is 24.0 Å². The lowest BCUT2D eigenvalue weighted by Gasteiger charge is -2.29. The van der Waals surface area contributed by atoms with Crippen molar-refractivity contribution >= 4 is 29.9 Å². The molecule has 0 aromatic heterocycles. The number of rotatable bonds is 8. The van der Waals surface area contributed by atoms with Gasteiger partial charge >= 0.3 is 0 Å². The van der Waals surface area contributed by atoms with Crippen LogP contribution in [0, 0.1) is 5.92 Å². The maximum atomic E-state index is 5.96. The lowest BCUT2D eigenvalue weighted by Crippen LogP contribution is -2.45. The molecule has 1 fully saturated rings. The lowest BCUT2D eigenvalue weighted by atomic mass is 9.84. The fourth-order valence-electron chi connectivity index (χ4n) is 3.86. The summed E-state index contributed by atoms with van der Waals surface area (Å²) in [7, 11) is 3.57. The van der Waals surface area contributed by atoms with Gasteiger partial charge in [0.2, 0.25) is 0 Å².